The molecule has 1 aromatic heterocycles. The van der Waals surface area contributed by atoms with Crippen molar-refractivity contribution in [3.63, 3.8) is 0 Å². The highest BCUT2D eigenvalue weighted by Gasteiger charge is 2.54. The molecule has 4 bridgehead atoms. The van der Waals surface area contributed by atoms with Gasteiger partial charge in [0.2, 0.25) is 0 Å². The summed E-state index contributed by atoms with van der Waals surface area (Å²) in [6, 6.07) is 1.08. The van der Waals surface area contributed by atoms with E-state index in [2.05, 4.69) is 23.7 Å². The summed E-state index contributed by atoms with van der Waals surface area (Å²) in [4.78, 5) is 39.1. The molecule has 0 aromatic carbocycles. The van der Waals surface area contributed by atoms with E-state index < -0.39 is 5.91 Å². The lowest BCUT2D eigenvalue weighted by Gasteiger charge is -2.60. The molecule has 6 rings (SSSR count). The molecule has 5 fully saturated rings. The fourth-order valence-electron chi connectivity index (χ4n) is 8.45. The Kier molecular flexibility index (Phi) is 7.40. The van der Waals surface area contributed by atoms with Gasteiger partial charge in [0.15, 0.2) is 5.69 Å². The van der Waals surface area contributed by atoms with E-state index in [1.807, 2.05) is 30.6 Å². The number of fused-ring (bicyclic) bond motifs is 4. The molecule has 1 aromatic rings. The molecular weight excluding hydrogens is 464 g/mol. The maximum Gasteiger partial charge on any atom is 0.301 e. The van der Waals surface area contributed by atoms with Crippen molar-refractivity contribution < 1.29 is 9.63 Å². The van der Waals surface area contributed by atoms with Crippen LogP contribution in [0.5, 0.6) is 0 Å². The van der Waals surface area contributed by atoms with Gasteiger partial charge in [-0.2, -0.15) is 0 Å². The first-order valence-electron chi connectivity index (χ1n) is 14.5. The zero-order valence-corrected chi connectivity index (χ0v) is 23.7. The molecule has 0 N–H and O–H groups in total. The summed E-state index contributed by atoms with van der Waals surface area (Å²) in [7, 11) is 2.94. The van der Waals surface area contributed by atoms with Gasteiger partial charge in [-0.3, -0.25) is 19.3 Å². The van der Waals surface area contributed by atoms with E-state index in [1.54, 1.807) is 0 Å². The highest BCUT2D eigenvalue weighted by molar-refractivity contribution is 5.91. The van der Waals surface area contributed by atoms with Gasteiger partial charge in [-0.25, -0.2) is 10.0 Å². The molecule has 7 heteroatoms. The molecule has 5 unspecified atom stereocenters. The molecule has 1 amide bonds. The van der Waals surface area contributed by atoms with Gasteiger partial charge in [0.25, 0.3) is 5.56 Å². The average Bonchev–Trinajstić information content (AvgIpc) is 2.90. The van der Waals surface area contributed by atoms with Crippen LogP contribution in [0.3, 0.4) is 0 Å². The number of hydrogen-bond donors (Lipinski definition) is 0. The standard InChI is InChI=1S/C30H46N4O3/c1-7-25-26(8-2)34(29(36)27(31-25)28(35)32(5)37-6)23-17-21-10-9-11-22(18-23)33(21)15-14-19-12-13-20-16-24(19)30(20,3)4/h7-8,19-24H,9-18H2,1-6H3. The fourth-order valence-corrected chi connectivity index (χ4v) is 8.45. The number of carbonyl (C=O) groups is 1. The van der Waals surface area contributed by atoms with Crippen LogP contribution in [-0.2, 0) is 4.84 Å². The van der Waals surface area contributed by atoms with Crippen molar-refractivity contribution in [2.75, 3.05) is 20.7 Å². The maximum atomic E-state index is 13.8. The monoisotopic (exact) mass is 510 g/mol. The Balaban J connectivity index is 1.40. The third-order valence-corrected chi connectivity index (χ3v) is 10.7. The first-order chi connectivity index (χ1) is 17.7. The van der Waals surface area contributed by atoms with Gasteiger partial charge in [0.05, 0.1) is 17.8 Å². The van der Waals surface area contributed by atoms with E-state index in [0.29, 0.717) is 22.8 Å². The van der Waals surface area contributed by atoms with Crippen molar-refractivity contribution in [1.29, 1.82) is 0 Å². The second-order valence-corrected chi connectivity index (χ2v) is 12.6. The first-order valence-corrected chi connectivity index (χ1v) is 14.5. The molecule has 5 atom stereocenters. The quantitative estimate of drug-likeness (QED) is 0.548. The van der Waals surface area contributed by atoms with E-state index in [-0.39, 0.29) is 17.3 Å². The molecular formula is C30H46N4O3. The second-order valence-electron chi connectivity index (χ2n) is 12.6. The van der Waals surface area contributed by atoms with Crippen molar-refractivity contribution >= 4 is 18.1 Å². The largest absolute Gasteiger partial charge is 0.302 e. The SMILES string of the molecule is CC=c1nc(C(=O)N(C)OC)c(=O)n(C2CC3CCCC(C2)N3CCC2CCC3CC2C3(C)C)c1=CC. The molecule has 5 aliphatic rings. The van der Waals surface area contributed by atoms with E-state index in [1.165, 1.54) is 65.6 Å². The number of piperidine rings is 2. The van der Waals surface area contributed by atoms with Crippen LogP contribution in [0.25, 0.3) is 12.2 Å². The van der Waals surface area contributed by atoms with Gasteiger partial charge in [0.1, 0.15) is 0 Å². The smallest absolute Gasteiger partial charge is 0.301 e. The Bertz CT molecular complexity index is 1190. The lowest BCUT2D eigenvalue weighted by Crippen LogP contribution is -2.58. The number of carbonyl (C=O) groups excluding carboxylic acids is 1. The highest BCUT2D eigenvalue weighted by Crippen LogP contribution is 2.62. The minimum absolute atomic E-state index is 0.0608. The molecule has 7 nitrogen and oxygen atoms in total. The molecule has 2 aliphatic heterocycles. The van der Waals surface area contributed by atoms with Crippen molar-refractivity contribution in [2.45, 2.75) is 104 Å². The van der Waals surface area contributed by atoms with Gasteiger partial charge < -0.3 is 4.57 Å². The van der Waals surface area contributed by atoms with E-state index in [0.717, 1.165) is 41.0 Å². The number of rotatable bonds is 6. The van der Waals surface area contributed by atoms with E-state index >= 15 is 0 Å². The van der Waals surface area contributed by atoms with Crippen molar-refractivity contribution in [3.8, 4) is 0 Å². The fraction of sp³-hybridized carbons (Fsp3) is 0.767. The Morgan fingerprint density at radius 2 is 1.78 bits per heavy atom. The number of nitrogens with zero attached hydrogens (tertiary/aromatic N) is 4. The predicted octanol–water partition coefficient (Wildman–Crippen LogP) is 3.50. The summed E-state index contributed by atoms with van der Waals surface area (Å²) >= 11 is 0. The summed E-state index contributed by atoms with van der Waals surface area (Å²) in [5, 5.41) is 2.59. The van der Waals surface area contributed by atoms with Crippen LogP contribution in [0.15, 0.2) is 4.79 Å². The van der Waals surface area contributed by atoms with Gasteiger partial charge >= 0.3 is 5.91 Å². The Hall–Kier alpha value is -1.99. The average molecular weight is 511 g/mol. The lowest BCUT2D eigenvalue weighted by atomic mass is 9.45. The molecule has 3 heterocycles. The molecule has 3 saturated carbocycles. The van der Waals surface area contributed by atoms with Crippen molar-refractivity contribution in [2.24, 2.45) is 23.2 Å². The lowest BCUT2D eigenvalue weighted by molar-refractivity contribution is -0.111. The van der Waals surface area contributed by atoms with Crippen LogP contribution in [0, 0.1) is 23.2 Å². The van der Waals surface area contributed by atoms with Crippen LogP contribution in [-0.4, -0.2) is 58.2 Å². The molecule has 3 aliphatic carbocycles. The van der Waals surface area contributed by atoms with Crippen molar-refractivity contribution in [3.05, 3.63) is 26.7 Å². The van der Waals surface area contributed by atoms with E-state index in [4.69, 9.17) is 4.84 Å². The number of amides is 1. The third-order valence-electron chi connectivity index (χ3n) is 10.7. The van der Waals surface area contributed by atoms with Gasteiger partial charge in [-0.15, -0.1) is 0 Å². The summed E-state index contributed by atoms with van der Waals surface area (Å²) < 4.78 is 1.89. The molecule has 0 radical (unpaired) electrons. The third kappa shape index (κ3) is 4.50. The first kappa shape index (κ1) is 26.6. The van der Waals surface area contributed by atoms with Crippen LogP contribution in [0.4, 0.5) is 0 Å². The number of aromatic nitrogens is 2. The van der Waals surface area contributed by atoms with Crippen LogP contribution in [0.2, 0.25) is 0 Å². The van der Waals surface area contributed by atoms with Gasteiger partial charge in [-0.1, -0.05) is 32.4 Å². The van der Waals surface area contributed by atoms with Crippen LogP contribution >= 0.6 is 0 Å². The second kappa shape index (κ2) is 10.3. The molecule has 204 valence electrons. The molecule has 37 heavy (non-hydrogen) atoms. The summed E-state index contributed by atoms with van der Waals surface area (Å²) in [6.45, 7) is 10.1. The number of hydroxylamine groups is 2. The summed E-state index contributed by atoms with van der Waals surface area (Å²) in [5.41, 5.74) is 0.184. The van der Waals surface area contributed by atoms with Gasteiger partial charge in [0, 0.05) is 25.2 Å². The molecule has 2 saturated heterocycles. The Labute approximate surface area is 221 Å². The summed E-state index contributed by atoms with van der Waals surface area (Å²) in [5.74, 6) is 2.24. The topological polar surface area (TPSA) is 67.7 Å². The van der Waals surface area contributed by atoms with Crippen LogP contribution < -0.4 is 16.3 Å². The summed E-state index contributed by atoms with van der Waals surface area (Å²) in [6.07, 6.45) is 15.0. The van der Waals surface area contributed by atoms with Gasteiger partial charge in [-0.05, 0) is 94.9 Å². The Morgan fingerprint density at radius 1 is 1.08 bits per heavy atom. The zero-order chi connectivity index (χ0) is 26.5. The predicted molar refractivity (Wildman–Crippen MR) is 146 cm³/mol. The minimum atomic E-state index is -0.502. The normalized spacial score (nSPS) is 33.8. The zero-order valence-electron chi connectivity index (χ0n) is 23.7. The van der Waals surface area contributed by atoms with Crippen LogP contribution in [0.1, 0.15) is 102 Å². The highest BCUT2D eigenvalue weighted by atomic mass is 16.7. The minimum Gasteiger partial charge on any atom is -0.302 e. The Morgan fingerprint density at radius 3 is 2.35 bits per heavy atom. The van der Waals surface area contributed by atoms with E-state index in [9.17, 15) is 9.59 Å². The maximum absolute atomic E-state index is 13.8. The molecule has 0 spiro atoms. The van der Waals surface area contributed by atoms with Crippen molar-refractivity contribution in [1.82, 2.24) is 19.5 Å². The number of hydrogen-bond acceptors (Lipinski definition) is 5.